The Hall–Kier alpha value is -0.310. The first-order valence-electron chi connectivity index (χ1n) is 5.46. The van der Waals surface area contributed by atoms with Crippen LogP contribution in [0.2, 0.25) is 0 Å². The summed E-state index contributed by atoms with van der Waals surface area (Å²) in [7, 11) is 0. The fourth-order valence-corrected chi connectivity index (χ4v) is 2.89. The first kappa shape index (κ1) is 10.2. The number of hydrogen-bond acceptors (Lipinski definition) is 1. The van der Waals surface area contributed by atoms with E-state index < -0.39 is 0 Å². The lowest BCUT2D eigenvalue weighted by atomic mass is 10.0. The Balaban J connectivity index is 1.87. The third-order valence-electron chi connectivity index (χ3n) is 3.12. The van der Waals surface area contributed by atoms with Gasteiger partial charge in [0.15, 0.2) is 0 Å². The average molecular weight is 257 g/mol. The van der Waals surface area contributed by atoms with Crippen LogP contribution in [0.5, 0.6) is 0 Å². The molecule has 1 fully saturated rings. The minimum absolute atomic E-state index is 0.963. The topological polar surface area (TPSA) is 28.7 Å². The smallest absolute Gasteiger partial charge is 0.127 e. The van der Waals surface area contributed by atoms with Gasteiger partial charge < -0.3 is 4.98 Å². The van der Waals surface area contributed by atoms with Gasteiger partial charge in [-0.2, -0.15) is 0 Å². The molecule has 2 rings (SSSR count). The van der Waals surface area contributed by atoms with E-state index in [0.29, 0.717) is 0 Å². The molecular formula is C11H17BrN2. The zero-order valence-corrected chi connectivity index (χ0v) is 10.2. The third-order valence-corrected chi connectivity index (χ3v) is 3.78. The first-order chi connectivity index (χ1) is 6.75. The van der Waals surface area contributed by atoms with Crippen LogP contribution in [0.4, 0.5) is 0 Å². The molecule has 1 aliphatic carbocycles. The van der Waals surface area contributed by atoms with Crippen LogP contribution in [-0.2, 0) is 6.42 Å². The van der Waals surface area contributed by atoms with Crippen LogP contribution in [0, 0.1) is 12.8 Å². The molecule has 0 saturated heterocycles. The number of aryl methyl sites for hydroxylation is 2. The number of hydrogen-bond donors (Lipinski definition) is 1. The normalized spacial score (nSPS) is 17.9. The zero-order valence-electron chi connectivity index (χ0n) is 8.65. The molecule has 1 aromatic rings. The number of imidazole rings is 1. The van der Waals surface area contributed by atoms with Crippen molar-refractivity contribution in [3.63, 3.8) is 0 Å². The van der Waals surface area contributed by atoms with Crippen LogP contribution in [0.1, 0.15) is 43.6 Å². The van der Waals surface area contributed by atoms with Crippen molar-refractivity contribution in [2.75, 3.05) is 0 Å². The molecule has 1 N–H and O–H groups in total. The molecule has 1 heterocycles. The van der Waals surface area contributed by atoms with E-state index in [1.807, 2.05) is 6.92 Å². The van der Waals surface area contributed by atoms with E-state index in [9.17, 15) is 0 Å². The van der Waals surface area contributed by atoms with E-state index in [-0.39, 0.29) is 0 Å². The van der Waals surface area contributed by atoms with E-state index in [0.717, 1.165) is 22.8 Å². The van der Waals surface area contributed by atoms with Crippen molar-refractivity contribution in [2.45, 2.75) is 45.4 Å². The van der Waals surface area contributed by atoms with Gasteiger partial charge in [0, 0.05) is 5.69 Å². The Morgan fingerprint density at radius 3 is 2.71 bits per heavy atom. The molecule has 1 saturated carbocycles. The fraction of sp³-hybridized carbons (Fsp3) is 0.727. The lowest BCUT2D eigenvalue weighted by Crippen LogP contribution is -1.97. The summed E-state index contributed by atoms with van der Waals surface area (Å²) in [4.78, 5) is 7.63. The molecule has 3 heteroatoms. The summed E-state index contributed by atoms with van der Waals surface area (Å²) in [5.41, 5.74) is 1.27. The van der Waals surface area contributed by atoms with Gasteiger partial charge in [-0.25, -0.2) is 4.98 Å². The van der Waals surface area contributed by atoms with Gasteiger partial charge in [-0.05, 0) is 41.6 Å². The van der Waals surface area contributed by atoms with E-state index in [2.05, 4.69) is 25.9 Å². The molecule has 78 valence electrons. The highest BCUT2D eigenvalue weighted by Crippen LogP contribution is 2.29. The highest BCUT2D eigenvalue weighted by Gasteiger charge is 2.15. The van der Waals surface area contributed by atoms with E-state index in [1.54, 1.807) is 0 Å². The molecule has 0 aromatic carbocycles. The van der Waals surface area contributed by atoms with Crippen LogP contribution >= 0.6 is 15.9 Å². The Morgan fingerprint density at radius 2 is 2.14 bits per heavy atom. The Morgan fingerprint density at radius 1 is 1.43 bits per heavy atom. The maximum Gasteiger partial charge on any atom is 0.127 e. The van der Waals surface area contributed by atoms with Crippen molar-refractivity contribution in [3.8, 4) is 0 Å². The zero-order chi connectivity index (χ0) is 9.97. The van der Waals surface area contributed by atoms with Crippen LogP contribution in [0.25, 0.3) is 0 Å². The summed E-state index contributed by atoms with van der Waals surface area (Å²) in [6, 6.07) is 0. The summed E-state index contributed by atoms with van der Waals surface area (Å²) in [6.45, 7) is 2.00. The quantitative estimate of drug-likeness (QED) is 0.880. The molecule has 2 nitrogen and oxygen atoms in total. The summed E-state index contributed by atoms with van der Waals surface area (Å²) < 4.78 is 1.01. The SMILES string of the molecule is Cc1nc(Br)c(CCC2CCCC2)[nH]1. The van der Waals surface area contributed by atoms with E-state index >= 15 is 0 Å². The molecular weight excluding hydrogens is 240 g/mol. The van der Waals surface area contributed by atoms with E-state index in [1.165, 1.54) is 37.8 Å². The fourth-order valence-electron chi connectivity index (χ4n) is 2.33. The maximum atomic E-state index is 4.32. The lowest BCUT2D eigenvalue weighted by molar-refractivity contribution is 0.500. The molecule has 0 atom stereocenters. The molecule has 0 radical (unpaired) electrons. The second-order valence-corrected chi connectivity index (χ2v) is 5.03. The van der Waals surface area contributed by atoms with Crippen molar-refractivity contribution in [3.05, 3.63) is 16.1 Å². The first-order valence-corrected chi connectivity index (χ1v) is 6.26. The van der Waals surface area contributed by atoms with Crippen LogP contribution < -0.4 is 0 Å². The molecule has 0 amide bonds. The predicted molar refractivity (Wildman–Crippen MR) is 61.3 cm³/mol. The number of H-pyrrole nitrogens is 1. The molecule has 0 spiro atoms. The number of aromatic amines is 1. The number of rotatable bonds is 3. The molecule has 0 unspecified atom stereocenters. The number of aromatic nitrogens is 2. The van der Waals surface area contributed by atoms with Crippen molar-refractivity contribution in [1.29, 1.82) is 0 Å². The van der Waals surface area contributed by atoms with Crippen LogP contribution in [0.15, 0.2) is 4.60 Å². The van der Waals surface area contributed by atoms with Crippen molar-refractivity contribution in [2.24, 2.45) is 5.92 Å². The molecule has 1 aromatic heterocycles. The summed E-state index contributed by atoms with van der Waals surface area (Å²) in [6.07, 6.45) is 8.21. The highest BCUT2D eigenvalue weighted by molar-refractivity contribution is 9.10. The second-order valence-electron chi connectivity index (χ2n) is 4.28. The summed E-state index contributed by atoms with van der Waals surface area (Å²) >= 11 is 3.48. The van der Waals surface area contributed by atoms with Gasteiger partial charge in [0.1, 0.15) is 10.4 Å². The Kier molecular flexibility index (Phi) is 3.26. The number of halogens is 1. The monoisotopic (exact) mass is 256 g/mol. The molecule has 1 aliphatic rings. The molecule has 0 bridgehead atoms. The maximum absolute atomic E-state index is 4.32. The largest absolute Gasteiger partial charge is 0.345 e. The van der Waals surface area contributed by atoms with Crippen molar-refractivity contribution >= 4 is 15.9 Å². The minimum Gasteiger partial charge on any atom is -0.345 e. The van der Waals surface area contributed by atoms with Crippen LogP contribution in [-0.4, -0.2) is 9.97 Å². The Bertz CT molecular complexity index is 300. The van der Waals surface area contributed by atoms with Crippen molar-refractivity contribution in [1.82, 2.24) is 9.97 Å². The van der Waals surface area contributed by atoms with Gasteiger partial charge in [-0.15, -0.1) is 0 Å². The number of nitrogens with one attached hydrogen (secondary N) is 1. The standard InChI is InChI=1S/C11H17BrN2/c1-8-13-10(11(12)14-8)7-6-9-4-2-3-5-9/h9H,2-7H2,1H3,(H,13,14). The predicted octanol–water partition coefficient (Wildman–Crippen LogP) is 3.60. The lowest BCUT2D eigenvalue weighted by Gasteiger charge is -2.06. The van der Waals surface area contributed by atoms with Gasteiger partial charge in [0.05, 0.1) is 0 Å². The van der Waals surface area contributed by atoms with Gasteiger partial charge in [-0.3, -0.25) is 0 Å². The minimum atomic E-state index is 0.963. The molecule has 14 heavy (non-hydrogen) atoms. The van der Waals surface area contributed by atoms with Gasteiger partial charge in [0.25, 0.3) is 0 Å². The summed E-state index contributed by atoms with van der Waals surface area (Å²) in [5, 5.41) is 0. The Labute approximate surface area is 93.6 Å². The second kappa shape index (κ2) is 4.47. The van der Waals surface area contributed by atoms with E-state index in [4.69, 9.17) is 0 Å². The summed E-state index contributed by atoms with van der Waals surface area (Å²) in [5.74, 6) is 1.98. The average Bonchev–Trinajstić information content (AvgIpc) is 2.72. The van der Waals surface area contributed by atoms with Crippen molar-refractivity contribution < 1.29 is 0 Å². The highest BCUT2D eigenvalue weighted by atomic mass is 79.9. The number of nitrogens with zero attached hydrogens (tertiary/aromatic N) is 1. The van der Waals surface area contributed by atoms with Crippen LogP contribution in [0.3, 0.4) is 0 Å². The van der Waals surface area contributed by atoms with Gasteiger partial charge >= 0.3 is 0 Å². The van der Waals surface area contributed by atoms with Gasteiger partial charge in [0.2, 0.25) is 0 Å². The van der Waals surface area contributed by atoms with Gasteiger partial charge in [-0.1, -0.05) is 25.7 Å². The third kappa shape index (κ3) is 2.38. The molecule has 0 aliphatic heterocycles.